The highest BCUT2D eigenvalue weighted by Crippen LogP contribution is 2.41. The van der Waals surface area contributed by atoms with E-state index < -0.39 is 46.8 Å². The number of nitrogens with zero attached hydrogens (tertiary/aromatic N) is 3. The summed E-state index contributed by atoms with van der Waals surface area (Å²) in [7, 11) is 1.45. The number of nitro benzene ring substituents is 1. The van der Waals surface area contributed by atoms with Crippen molar-refractivity contribution in [1.29, 1.82) is 0 Å². The summed E-state index contributed by atoms with van der Waals surface area (Å²) in [5.41, 5.74) is -0.204. The zero-order valence-corrected chi connectivity index (χ0v) is 19.4. The molecule has 1 aliphatic carbocycles. The average Bonchev–Trinajstić information content (AvgIpc) is 3.10. The number of ether oxygens (including phenoxy) is 1. The maximum Gasteiger partial charge on any atom is 0.273 e. The van der Waals surface area contributed by atoms with E-state index in [0.717, 1.165) is 22.5 Å². The number of hydrazine groups is 1. The van der Waals surface area contributed by atoms with Crippen LogP contribution in [0.25, 0.3) is 0 Å². The summed E-state index contributed by atoms with van der Waals surface area (Å²) in [6, 6.07) is 11.3. The third kappa shape index (κ3) is 4.64. The number of fused-ring (bicyclic) bond motifs is 1. The minimum absolute atomic E-state index is 0.110. The van der Waals surface area contributed by atoms with Gasteiger partial charge in [-0.2, -0.15) is 5.01 Å². The lowest BCUT2D eigenvalue weighted by Crippen LogP contribution is -2.52. The molecule has 1 heterocycles. The minimum Gasteiger partial charge on any atom is -0.497 e. The van der Waals surface area contributed by atoms with Crippen LogP contribution in [-0.4, -0.2) is 52.1 Å². The van der Waals surface area contributed by atoms with Crippen molar-refractivity contribution in [2.45, 2.75) is 26.2 Å². The number of methoxy groups -OCH3 is 1. The van der Waals surface area contributed by atoms with E-state index in [1.807, 2.05) is 6.92 Å². The van der Waals surface area contributed by atoms with Gasteiger partial charge in [0.1, 0.15) is 12.3 Å². The van der Waals surface area contributed by atoms with Crippen LogP contribution in [0.4, 0.5) is 5.69 Å². The highest BCUT2D eigenvalue weighted by molar-refractivity contribution is 6.09. The van der Waals surface area contributed by atoms with Gasteiger partial charge in [-0.25, -0.2) is 5.01 Å². The molecule has 0 aromatic heterocycles. The Kier molecular flexibility index (Phi) is 6.63. The van der Waals surface area contributed by atoms with Gasteiger partial charge in [-0.3, -0.25) is 29.3 Å². The monoisotopic (exact) mass is 479 g/mol. The van der Waals surface area contributed by atoms with Crippen LogP contribution in [0, 0.1) is 27.9 Å². The van der Waals surface area contributed by atoms with E-state index in [4.69, 9.17) is 4.74 Å². The molecular weight excluding hydrogens is 454 g/mol. The molecule has 2 fully saturated rings. The van der Waals surface area contributed by atoms with Gasteiger partial charge >= 0.3 is 0 Å². The lowest BCUT2D eigenvalue weighted by molar-refractivity contribution is -0.384. The molecule has 3 atom stereocenters. The molecule has 4 rings (SSSR count). The van der Waals surface area contributed by atoms with E-state index in [2.05, 4.69) is 0 Å². The topological polar surface area (TPSA) is 127 Å². The largest absolute Gasteiger partial charge is 0.497 e. The van der Waals surface area contributed by atoms with Crippen molar-refractivity contribution in [2.75, 3.05) is 13.7 Å². The minimum atomic E-state index is -0.849. The van der Waals surface area contributed by atoms with Crippen LogP contribution >= 0.6 is 0 Å². The zero-order chi connectivity index (χ0) is 25.3. The number of Topliss-reactive ketones (excluding diaryl/α,β-unsaturated/α-hetero) is 1. The molecule has 0 unspecified atom stereocenters. The Balaban J connectivity index is 1.72. The van der Waals surface area contributed by atoms with E-state index in [-0.39, 0.29) is 22.7 Å². The number of non-ortho nitro benzene ring substituents is 1. The van der Waals surface area contributed by atoms with Crippen molar-refractivity contribution in [3.05, 3.63) is 69.8 Å². The third-order valence-corrected chi connectivity index (χ3v) is 6.63. The summed E-state index contributed by atoms with van der Waals surface area (Å²) in [5.74, 6) is -2.84. The Morgan fingerprint density at radius 3 is 2.46 bits per heavy atom. The quantitative estimate of drug-likeness (QED) is 0.258. The number of carbonyl (C=O) groups excluding carboxylic acids is 4. The van der Waals surface area contributed by atoms with E-state index in [1.54, 1.807) is 12.1 Å². The second-order valence-electron chi connectivity index (χ2n) is 8.94. The first-order valence-electron chi connectivity index (χ1n) is 11.3. The number of rotatable bonds is 7. The van der Waals surface area contributed by atoms with Crippen molar-refractivity contribution in [3.63, 3.8) is 0 Å². The first kappa shape index (κ1) is 24.1. The number of benzene rings is 2. The first-order chi connectivity index (χ1) is 16.7. The van der Waals surface area contributed by atoms with Gasteiger partial charge in [0.15, 0.2) is 5.78 Å². The van der Waals surface area contributed by atoms with Crippen LogP contribution in [-0.2, 0) is 9.59 Å². The lowest BCUT2D eigenvalue weighted by atomic mass is 9.76. The molecular formula is C25H25N3O7. The highest BCUT2D eigenvalue weighted by atomic mass is 16.6. The van der Waals surface area contributed by atoms with Crippen molar-refractivity contribution >= 4 is 29.2 Å². The molecule has 1 saturated carbocycles. The van der Waals surface area contributed by atoms with Gasteiger partial charge < -0.3 is 4.74 Å². The van der Waals surface area contributed by atoms with Gasteiger partial charge in [0.05, 0.1) is 23.9 Å². The molecule has 2 aromatic rings. The molecule has 10 heteroatoms. The number of carbonyl (C=O) groups is 4. The number of hydrogen-bond acceptors (Lipinski definition) is 7. The SMILES string of the molecule is COc1cccc(C(=O)CN(C(=O)c2cccc([N+](=O)[O-])c2)N2C(=O)[C@H]3C[C@@H](C)CC[C@H]3C2=O)c1. The van der Waals surface area contributed by atoms with E-state index in [9.17, 15) is 29.3 Å². The summed E-state index contributed by atoms with van der Waals surface area (Å²) in [5, 5.41) is 12.8. The maximum atomic E-state index is 13.5. The van der Waals surface area contributed by atoms with Gasteiger partial charge in [0.2, 0.25) is 0 Å². The van der Waals surface area contributed by atoms with Crippen LogP contribution in [0.5, 0.6) is 5.75 Å². The molecule has 0 N–H and O–H groups in total. The number of imide groups is 1. The fraction of sp³-hybridized carbons (Fsp3) is 0.360. The van der Waals surface area contributed by atoms with Crippen molar-refractivity contribution in [3.8, 4) is 5.75 Å². The summed E-state index contributed by atoms with van der Waals surface area (Å²) in [4.78, 5) is 63.9. The molecule has 0 spiro atoms. The normalized spacial score (nSPS) is 21.4. The Bertz CT molecular complexity index is 1210. The second-order valence-corrected chi connectivity index (χ2v) is 8.94. The standard InChI is InChI=1S/C25H25N3O7/c1-15-9-10-20-21(11-15)25(32)27(24(20)31)26(14-22(29)16-5-4-8-19(13-16)35-2)23(30)17-6-3-7-18(12-17)28(33)34/h3-8,12-13,15,20-21H,9-11,14H2,1-2H3/t15-,20+,21-/m0/s1. The third-order valence-electron chi connectivity index (χ3n) is 6.63. The molecule has 2 aliphatic rings. The highest BCUT2D eigenvalue weighted by Gasteiger charge is 2.52. The van der Waals surface area contributed by atoms with Gasteiger partial charge in [-0.15, -0.1) is 0 Å². The second kappa shape index (κ2) is 9.65. The Hall–Kier alpha value is -4.08. The van der Waals surface area contributed by atoms with Crippen LogP contribution < -0.4 is 4.74 Å². The van der Waals surface area contributed by atoms with Gasteiger partial charge in [-0.1, -0.05) is 25.1 Å². The molecule has 0 bridgehead atoms. The summed E-state index contributed by atoms with van der Waals surface area (Å²) >= 11 is 0. The summed E-state index contributed by atoms with van der Waals surface area (Å²) < 4.78 is 5.16. The lowest BCUT2D eigenvalue weighted by Gasteiger charge is -2.30. The molecule has 10 nitrogen and oxygen atoms in total. The van der Waals surface area contributed by atoms with Gasteiger partial charge in [0, 0.05) is 23.3 Å². The van der Waals surface area contributed by atoms with E-state index in [1.165, 1.54) is 37.4 Å². The molecule has 1 saturated heterocycles. The number of amides is 3. The predicted octanol–water partition coefficient (Wildman–Crippen LogP) is 3.26. The van der Waals surface area contributed by atoms with Crippen LogP contribution in [0.1, 0.15) is 46.9 Å². The molecule has 35 heavy (non-hydrogen) atoms. The average molecular weight is 479 g/mol. The molecule has 2 aromatic carbocycles. The number of hydrogen-bond donors (Lipinski definition) is 0. The zero-order valence-electron chi connectivity index (χ0n) is 19.4. The van der Waals surface area contributed by atoms with Crippen LogP contribution in [0.3, 0.4) is 0 Å². The smallest absolute Gasteiger partial charge is 0.273 e. The first-order valence-corrected chi connectivity index (χ1v) is 11.3. The van der Waals surface area contributed by atoms with Crippen LogP contribution in [0.15, 0.2) is 48.5 Å². The van der Waals surface area contributed by atoms with Crippen molar-refractivity contribution in [1.82, 2.24) is 10.0 Å². The Morgan fingerprint density at radius 1 is 1.06 bits per heavy atom. The van der Waals surface area contributed by atoms with Gasteiger partial charge in [-0.05, 0) is 43.4 Å². The molecule has 3 amide bonds. The summed E-state index contributed by atoms with van der Waals surface area (Å²) in [6.07, 6.45) is 1.83. The Morgan fingerprint density at radius 2 is 1.74 bits per heavy atom. The Labute approximate surface area is 201 Å². The fourth-order valence-electron chi connectivity index (χ4n) is 4.77. The number of nitro groups is 1. The van der Waals surface area contributed by atoms with Crippen molar-refractivity contribution in [2.24, 2.45) is 17.8 Å². The van der Waals surface area contributed by atoms with Crippen molar-refractivity contribution < 1.29 is 28.8 Å². The van der Waals surface area contributed by atoms with E-state index >= 15 is 0 Å². The number of ketones is 1. The molecule has 1 aliphatic heterocycles. The maximum absolute atomic E-state index is 13.5. The van der Waals surface area contributed by atoms with E-state index in [0.29, 0.717) is 18.6 Å². The van der Waals surface area contributed by atoms with Crippen LogP contribution in [0.2, 0.25) is 0 Å². The summed E-state index contributed by atoms with van der Waals surface area (Å²) in [6.45, 7) is 1.41. The van der Waals surface area contributed by atoms with Gasteiger partial charge in [0.25, 0.3) is 23.4 Å². The predicted molar refractivity (Wildman–Crippen MR) is 123 cm³/mol. The molecule has 182 valence electrons. The molecule has 0 radical (unpaired) electrons. The fourth-order valence-corrected chi connectivity index (χ4v) is 4.77.